The Hall–Kier alpha value is -1.81. The van der Waals surface area contributed by atoms with Crippen LogP contribution in [0, 0.1) is 5.41 Å². The van der Waals surface area contributed by atoms with Gasteiger partial charge in [-0.05, 0) is 23.5 Å². The summed E-state index contributed by atoms with van der Waals surface area (Å²) in [5.74, 6) is -0.958. The summed E-state index contributed by atoms with van der Waals surface area (Å²) in [5, 5.41) is 10.2. The van der Waals surface area contributed by atoms with E-state index in [4.69, 9.17) is 10.8 Å². The summed E-state index contributed by atoms with van der Waals surface area (Å²) in [4.78, 5) is 14.2. The first kappa shape index (κ1) is 12.6. The SMILES string of the molecule is CC(C)(Cc1c[nH]c2ccccc12)C(N)C(=O)O. The van der Waals surface area contributed by atoms with Crippen LogP contribution in [0.2, 0.25) is 0 Å². The van der Waals surface area contributed by atoms with Gasteiger partial charge in [0.25, 0.3) is 0 Å². The molecule has 96 valence electrons. The molecule has 0 saturated heterocycles. The van der Waals surface area contributed by atoms with E-state index in [2.05, 4.69) is 4.98 Å². The quantitative estimate of drug-likeness (QED) is 0.773. The molecular weight excluding hydrogens is 228 g/mol. The van der Waals surface area contributed by atoms with Gasteiger partial charge >= 0.3 is 5.97 Å². The van der Waals surface area contributed by atoms with Crippen LogP contribution in [0.25, 0.3) is 10.9 Å². The van der Waals surface area contributed by atoms with Gasteiger partial charge in [-0.25, -0.2) is 0 Å². The molecule has 1 heterocycles. The van der Waals surface area contributed by atoms with Crippen LogP contribution >= 0.6 is 0 Å². The summed E-state index contributed by atoms with van der Waals surface area (Å²) in [5.41, 5.74) is 7.42. The molecule has 0 radical (unpaired) electrons. The minimum atomic E-state index is -0.958. The summed E-state index contributed by atoms with van der Waals surface area (Å²) < 4.78 is 0. The first-order valence-electron chi connectivity index (χ1n) is 5.95. The van der Waals surface area contributed by atoms with Crippen LogP contribution in [0.15, 0.2) is 30.5 Å². The molecule has 0 aliphatic heterocycles. The number of aliphatic carboxylic acids is 1. The van der Waals surface area contributed by atoms with E-state index < -0.39 is 17.4 Å². The number of carbonyl (C=O) groups is 1. The highest BCUT2D eigenvalue weighted by molar-refractivity contribution is 5.83. The molecule has 4 heteroatoms. The zero-order valence-electron chi connectivity index (χ0n) is 10.6. The van der Waals surface area contributed by atoms with Gasteiger partial charge in [0, 0.05) is 17.1 Å². The molecule has 0 aliphatic rings. The van der Waals surface area contributed by atoms with E-state index >= 15 is 0 Å². The minimum Gasteiger partial charge on any atom is -0.480 e. The Morgan fingerprint density at radius 1 is 1.44 bits per heavy atom. The van der Waals surface area contributed by atoms with E-state index in [9.17, 15) is 4.79 Å². The Labute approximate surface area is 106 Å². The zero-order chi connectivity index (χ0) is 13.3. The lowest BCUT2D eigenvalue weighted by atomic mass is 9.79. The minimum absolute atomic E-state index is 0.489. The van der Waals surface area contributed by atoms with Gasteiger partial charge in [-0.2, -0.15) is 0 Å². The number of hydrogen-bond donors (Lipinski definition) is 3. The Balaban J connectivity index is 2.31. The molecular formula is C14H18N2O2. The van der Waals surface area contributed by atoms with Crippen molar-refractivity contribution in [1.82, 2.24) is 4.98 Å². The van der Waals surface area contributed by atoms with Gasteiger partial charge < -0.3 is 15.8 Å². The number of carboxylic acid groups (broad SMARTS) is 1. The largest absolute Gasteiger partial charge is 0.480 e. The smallest absolute Gasteiger partial charge is 0.321 e. The first-order valence-corrected chi connectivity index (χ1v) is 5.95. The third-order valence-electron chi connectivity index (χ3n) is 3.43. The molecule has 2 aromatic rings. The lowest BCUT2D eigenvalue weighted by molar-refractivity contribution is -0.141. The summed E-state index contributed by atoms with van der Waals surface area (Å²) in [6, 6.07) is 7.11. The van der Waals surface area contributed by atoms with Gasteiger partial charge in [0.15, 0.2) is 0 Å². The van der Waals surface area contributed by atoms with E-state index in [0.717, 1.165) is 16.5 Å². The number of rotatable bonds is 4. The average molecular weight is 246 g/mol. The van der Waals surface area contributed by atoms with Crippen molar-refractivity contribution in [2.45, 2.75) is 26.3 Å². The highest BCUT2D eigenvalue weighted by Gasteiger charge is 2.32. The molecule has 0 bridgehead atoms. The Morgan fingerprint density at radius 2 is 2.11 bits per heavy atom. The van der Waals surface area contributed by atoms with Gasteiger partial charge in [0.05, 0.1) is 0 Å². The molecule has 1 aromatic carbocycles. The Bertz CT molecular complexity index is 572. The highest BCUT2D eigenvalue weighted by Crippen LogP contribution is 2.29. The number of aromatic nitrogens is 1. The average Bonchev–Trinajstić information content (AvgIpc) is 2.71. The number of H-pyrrole nitrogens is 1. The summed E-state index contributed by atoms with van der Waals surface area (Å²) in [6.07, 6.45) is 2.56. The zero-order valence-corrected chi connectivity index (χ0v) is 10.6. The summed E-state index contributed by atoms with van der Waals surface area (Å²) in [7, 11) is 0. The predicted molar refractivity (Wildman–Crippen MR) is 71.4 cm³/mol. The van der Waals surface area contributed by atoms with E-state index in [-0.39, 0.29) is 0 Å². The van der Waals surface area contributed by atoms with E-state index in [1.54, 1.807) is 0 Å². The summed E-state index contributed by atoms with van der Waals surface area (Å²) in [6.45, 7) is 3.76. The first-order chi connectivity index (χ1) is 8.42. The number of fused-ring (bicyclic) bond motifs is 1. The second-order valence-electron chi connectivity index (χ2n) is 5.34. The molecule has 0 saturated carbocycles. The monoisotopic (exact) mass is 246 g/mol. The van der Waals surface area contributed by atoms with Gasteiger partial charge in [-0.15, -0.1) is 0 Å². The fraction of sp³-hybridized carbons (Fsp3) is 0.357. The van der Waals surface area contributed by atoms with Crippen LogP contribution in [-0.4, -0.2) is 22.1 Å². The summed E-state index contributed by atoms with van der Waals surface area (Å²) >= 11 is 0. The molecule has 0 aliphatic carbocycles. The van der Waals surface area contributed by atoms with Crippen LogP contribution in [0.4, 0.5) is 0 Å². The maximum Gasteiger partial charge on any atom is 0.321 e. The van der Waals surface area contributed by atoms with Crippen LogP contribution in [0.3, 0.4) is 0 Å². The number of aromatic amines is 1. The molecule has 2 rings (SSSR count). The predicted octanol–water partition coefficient (Wildman–Crippen LogP) is 2.15. The standard InChI is InChI=1S/C14H18N2O2/c1-14(2,12(15)13(17)18)7-9-8-16-11-6-4-3-5-10(9)11/h3-6,8,12,16H,7,15H2,1-2H3,(H,17,18). The Kier molecular flexibility index (Phi) is 3.13. The number of hydrogen-bond acceptors (Lipinski definition) is 2. The topological polar surface area (TPSA) is 79.1 Å². The Morgan fingerprint density at radius 3 is 2.78 bits per heavy atom. The number of para-hydroxylation sites is 1. The number of carboxylic acids is 1. The lowest BCUT2D eigenvalue weighted by Gasteiger charge is -2.28. The van der Waals surface area contributed by atoms with Crippen molar-refractivity contribution in [3.63, 3.8) is 0 Å². The molecule has 0 amide bonds. The maximum absolute atomic E-state index is 11.0. The second kappa shape index (κ2) is 4.46. The van der Waals surface area contributed by atoms with E-state index in [1.807, 2.05) is 44.3 Å². The van der Waals surface area contributed by atoms with Crippen molar-refractivity contribution >= 4 is 16.9 Å². The molecule has 0 spiro atoms. The van der Waals surface area contributed by atoms with Crippen molar-refractivity contribution < 1.29 is 9.90 Å². The normalized spacial score (nSPS) is 13.7. The number of nitrogens with one attached hydrogen (secondary N) is 1. The van der Waals surface area contributed by atoms with Crippen LogP contribution in [-0.2, 0) is 11.2 Å². The van der Waals surface area contributed by atoms with Crippen molar-refractivity contribution in [3.05, 3.63) is 36.0 Å². The lowest BCUT2D eigenvalue weighted by Crippen LogP contribution is -2.45. The van der Waals surface area contributed by atoms with E-state index in [0.29, 0.717) is 6.42 Å². The van der Waals surface area contributed by atoms with Gasteiger partial charge in [0.1, 0.15) is 6.04 Å². The van der Waals surface area contributed by atoms with Gasteiger partial charge in [0.2, 0.25) is 0 Å². The molecule has 0 fully saturated rings. The van der Waals surface area contributed by atoms with Crippen molar-refractivity contribution in [2.24, 2.45) is 11.1 Å². The fourth-order valence-corrected chi connectivity index (χ4v) is 2.21. The molecule has 4 nitrogen and oxygen atoms in total. The van der Waals surface area contributed by atoms with Crippen molar-refractivity contribution in [3.8, 4) is 0 Å². The third kappa shape index (κ3) is 2.24. The van der Waals surface area contributed by atoms with Gasteiger partial charge in [-0.1, -0.05) is 32.0 Å². The van der Waals surface area contributed by atoms with Crippen LogP contribution in [0.5, 0.6) is 0 Å². The molecule has 1 aromatic heterocycles. The van der Waals surface area contributed by atoms with Crippen LogP contribution < -0.4 is 5.73 Å². The van der Waals surface area contributed by atoms with Gasteiger partial charge in [-0.3, -0.25) is 4.79 Å². The maximum atomic E-state index is 11.0. The molecule has 4 N–H and O–H groups in total. The van der Waals surface area contributed by atoms with Crippen molar-refractivity contribution in [2.75, 3.05) is 0 Å². The fourth-order valence-electron chi connectivity index (χ4n) is 2.21. The van der Waals surface area contributed by atoms with Crippen molar-refractivity contribution in [1.29, 1.82) is 0 Å². The third-order valence-corrected chi connectivity index (χ3v) is 3.43. The molecule has 18 heavy (non-hydrogen) atoms. The van der Waals surface area contributed by atoms with E-state index in [1.165, 1.54) is 0 Å². The molecule has 1 atom stereocenters. The second-order valence-corrected chi connectivity index (χ2v) is 5.34. The number of nitrogens with two attached hydrogens (primary N) is 1. The highest BCUT2D eigenvalue weighted by atomic mass is 16.4. The molecule has 1 unspecified atom stereocenters. The number of benzene rings is 1. The van der Waals surface area contributed by atoms with Crippen LogP contribution in [0.1, 0.15) is 19.4 Å².